The first kappa shape index (κ1) is 22.6. The summed E-state index contributed by atoms with van der Waals surface area (Å²) < 4.78 is 32.4. The maximum absolute atomic E-state index is 12.4. The molecule has 1 amide bonds. The normalized spacial score (nSPS) is 13.7. The van der Waals surface area contributed by atoms with Crippen molar-refractivity contribution in [1.82, 2.24) is 14.1 Å². The smallest absolute Gasteiger partial charge is 0.338 e. The maximum atomic E-state index is 12.4. The Kier molecular flexibility index (Phi) is 7.15. The molecule has 0 spiro atoms. The number of nitrogens with one attached hydrogen (secondary N) is 1. The van der Waals surface area contributed by atoms with Crippen LogP contribution in [0.2, 0.25) is 0 Å². The van der Waals surface area contributed by atoms with Gasteiger partial charge in [0.25, 0.3) is 5.91 Å². The second-order valence-corrected chi connectivity index (χ2v) is 8.92. The molecule has 2 aromatic rings. The molecule has 0 radical (unpaired) electrons. The van der Waals surface area contributed by atoms with E-state index in [1.807, 2.05) is 13.8 Å². The lowest BCUT2D eigenvalue weighted by molar-refractivity contribution is -0.123. The minimum Gasteiger partial charge on any atom is -0.449 e. The lowest BCUT2D eigenvalue weighted by Crippen LogP contribution is -2.31. The first-order chi connectivity index (χ1) is 13.6. The van der Waals surface area contributed by atoms with Gasteiger partial charge in [-0.3, -0.25) is 4.79 Å². The number of anilines is 1. The molecule has 2 atom stereocenters. The van der Waals surface area contributed by atoms with Crippen molar-refractivity contribution in [3.8, 4) is 0 Å². The molecule has 1 heterocycles. The largest absolute Gasteiger partial charge is 0.449 e. The van der Waals surface area contributed by atoms with Gasteiger partial charge < -0.3 is 10.1 Å². The van der Waals surface area contributed by atoms with Gasteiger partial charge in [0.15, 0.2) is 6.10 Å². The second-order valence-electron chi connectivity index (χ2n) is 6.77. The van der Waals surface area contributed by atoms with Gasteiger partial charge in [-0.1, -0.05) is 13.0 Å². The molecular formula is C19H26N4O5S. The predicted molar refractivity (Wildman–Crippen MR) is 108 cm³/mol. The van der Waals surface area contributed by atoms with E-state index in [1.54, 1.807) is 16.9 Å². The highest BCUT2D eigenvalue weighted by Crippen LogP contribution is 2.18. The summed E-state index contributed by atoms with van der Waals surface area (Å²) in [6, 6.07) is 7.24. The molecular weight excluding hydrogens is 396 g/mol. The Morgan fingerprint density at radius 2 is 1.93 bits per heavy atom. The average Bonchev–Trinajstić information content (AvgIpc) is 3.15. The molecule has 0 aliphatic carbocycles. The van der Waals surface area contributed by atoms with Gasteiger partial charge in [0.2, 0.25) is 10.0 Å². The molecule has 9 nitrogen and oxygen atoms in total. The van der Waals surface area contributed by atoms with Crippen molar-refractivity contribution >= 4 is 27.7 Å². The van der Waals surface area contributed by atoms with Crippen LogP contribution in [-0.2, 0) is 19.6 Å². The van der Waals surface area contributed by atoms with E-state index < -0.39 is 28.0 Å². The number of nitrogens with zero attached hydrogens (tertiary/aromatic N) is 3. The molecule has 10 heteroatoms. The van der Waals surface area contributed by atoms with Gasteiger partial charge in [-0.15, -0.1) is 0 Å². The summed E-state index contributed by atoms with van der Waals surface area (Å²) in [5.41, 5.74) is 0.0391. The van der Waals surface area contributed by atoms with Crippen molar-refractivity contribution in [2.45, 2.75) is 44.2 Å². The standard InChI is InChI=1S/C19H26N4O5S/c1-6-13(2)23-17(10-11-20-23)21-18(24)14(3)28-19(25)15-8-7-9-16(12-15)29(26,27)22(4)5/h7-14H,6H2,1-5H3,(H,21,24)/t13-,14+/m0/s1. The Morgan fingerprint density at radius 3 is 2.55 bits per heavy atom. The Balaban J connectivity index is 2.09. The molecule has 0 aliphatic rings. The van der Waals surface area contributed by atoms with Crippen LogP contribution in [0.3, 0.4) is 0 Å². The zero-order valence-corrected chi connectivity index (χ0v) is 17.9. The third kappa shape index (κ3) is 5.21. The lowest BCUT2D eigenvalue weighted by atomic mass is 10.2. The second kappa shape index (κ2) is 9.19. The van der Waals surface area contributed by atoms with Crippen LogP contribution in [0.4, 0.5) is 5.82 Å². The molecule has 29 heavy (non-hydrogen) atoms. The lowest BCUT2D eigenvalue weighted by Gasteiger charge is -2.17. The zero-order chi connectivity index (χ0) is 21.8. The molecule has 0 saturated carbocycles. The number of hydrogen-bond acceptors (Lipinski definition) is 6. The maximum Gasteiger partial charge on any atom is 0.338 e. The Labute approximate surface area is 170 Å². The van der Waals surface area contributed by atoms with Crippen LogP contribution in [0.5, 0.6) is 0 Å². The first-order valence-electron chi connectivity index (χ1n) is 9.15. The molecule has 0 saturated heterocycles. The molecule has 158 valence electrons. The highest BCUT2D eigenvalue weighted by molar-refractivity contribution is 7.89. The average molecular weight is 423 g/mol. The number of carbonyl (C=O) groups is 2. The zero-order valence-electron chi connectivity index (χ0n) is 17.1. The summed E-state index contributed by atoms with van der Waals surface area (Å²) in [6.07, 6.45) is 1.33. The van der Waals surface area contributed by atoms with Crippen LogP contribution in [0.1, 0.15) is 43.6 Å². The van der Waals surface area contributed by atoms with Crippen LogP contribution < -0.4 is 5.32 Å². The summed E-state index contributed by atoms with van der Waals surface area (Å²) in [5.74, 6) is -0.800. The molecule has 1 aromatic heterocycles. The van der Waals surface area contributed by atoms with E-state index in [2.05, 4.69) is 10.4 Å². The van der Waals surface area contributed by atoms with Gasteiger partial charge in [-0.25, -0.2) is 22.2 Å². The quantitative estimate of drug-likeness (QED) is 0.654. The molecule has 1 aromatic carbocycles. The number of sulfonamides is 1. The fourth-order valence-corrected chi connectivity index (χ4v) is 3.39. The van der Waals surface area contributed by atoms with Crippen molar-refractivity contribution in [2.24, 2.45) is 0 Å². The Bertz CT molecular complexity index is 984. The van der Waals surface area contributed by atoms with Crippen LogP contribution in [0.15, 0.2) is 41.4 Å². The number of esters is 1. The molecule has 0 unspecified atom stereocenters. The number of carbonyl (C=O) groups excluding carboxylic acids is 2. The summed E-state index contributed by atoms with van der Waals surface area (Å²) in [5, 5.41) is 6.88. The van der Waals surface area contributed by atoms with Gasteiger partial charge in [-0.2, -0.15) is 5.10 Å². The van der Waals surface area contributed by atoms with Crippen molar-refractivity contribution in [2.75, 3.05) is 19.4 Å². The number of rotatable bonds is 8. The topological polar surface area (TPSA) is 111 Å². The molecule has 0 bridgehead atoms. The van der Waals surface area contributed by atoms with E-state index in [9.17, 15) is 18.0 Å². The van der Waals surface area contributed by atoms with Crippen molar-refractivity contribution in [1.29, 1.82) is 0 Å². The van der Waals surface area contributed by atoms with Crippen molar-refractivity contribution < 1.29 is 22.7 Å². The fraction of sp³-hybridized carbons (Fsp3) is 0.421. The molecule has 1 N–H and O–H groups in total. The Hall–Kier alpha value is -2.72. The number of ether oxygens (including phenoxy) is 1. The SMILES string of the molecule is CC[C@H](C)n1nccc1NC(=O)[C@@H](C)OC(=O)c1cccc(S(=O)(=O)N(C)C)c1. The summed E-state index contributed by atoms with van der Waals surface area (Å²) >= 11 is 0. The minimum absolute atomic E-state index is 0.0356. The van der Waals surface area contributed by atoms with Crippen LogP contribution >= 0.6 is 0 Å². The monoisotopic (exact) mass is 422 g/mol. The van der Waals surface area contributed by atoms with E-state index in [1.165, 1.54) is 45.3 Å². The summed E-state index contributed by atoms with van der Waals surface area (Å²) in [6.45, 7) is 5.42. The van der Waals surface area contributed by atoms with E-state index in [0.29, 0.717) is 5.82 Å². The minimum atomic E-state index is -3.69. The van der Waals surface area contributed by atoms with Crippen LogP contribution in [0, 0.1) is 0 Å². The molecule has 2 rings (SSSR count). The number of hydrogen-bond donors (Lipinski definition) is 1. The van der Waals surface area contributed by atoms with Gasteiger partial charge in [0.05, 0.1) is 22.7 Å². The highest BCUT2D eigenvalue weighted by Gasteiger charge is 2.23. The Morgan fingerprint density at radius 1 is 1.24 bits per heavy atom. The van der Waals surface area contributed by atoms with E-state index in [-0.39, 0.29) is 16.5 Å². The van der Waals surface area contributed by atoms with E-state index >= 15 is 0 Å². The van der Waals surface area contributed by atoms with Crippen molar-refractivity contribution in [3.63, 3.8) is 0 Å². The van der Waals surface area contributed by atoms with Gasteiger partial charge >= 0.3 is 5.97 Å². The third-order valence-electron chi connectivity index (χ3n) is 4.43. The van der Waals surface area contributed by atoms with Crippen LogP contribution in [-0.4, -0.2) is 54.6 Å². The number of aromatic nitrogens is 2. The van der Waals surface area contributed by atoms with E-state index in [4.69, 9.17) is 4.74 Å². The van der Waals surface area contributed by atoms with Gasteiger partial charge in [0.1, 0.15) is 5.82 Å². The van der Waals surface area contributed by atoms with Crippen molar-refractivity contribution in [3.05, 3.63) is 42.1 Å². The summed E-state index contributed by atoms with van der Waals surface area (Å²) in [4.78, 5) is 24.8. The third-order valence-corrected chi connectivity index (χ3v) is 6.24. The predicted octanol–water partition coefficient (Wildman–Crippen LogP) is 2.29. The van der Waals surface area contributed by atoms with Gasteiger partial charge in [-0.05, 0) is 38.5 Å². The fourth-order valence-electron chi connectivity index (χ4n) is 2.44. The molecule has 0 aliphatic heterocycles. The first-order valence-corrected chi connectivity index (χ1v) is 10.6. The van der Waals surface area contributed by atoms with E-state index in [0.717, 1.165) is 10.7 Å². The summed E-state index contributed by atoms with van der Waals surface area (Å²) in [7, 11) is -0.892. The van der Waals surface area contributed by atoms with Gasteiger partial charge in [0, 0.05) is 20.2 Å². The number of amides is 1. The number of benzene rings is 1. The highest BCUT2D eigenvalue weighted by atomic mass is 32.2. The van der Waals surface area contributed by atoms with Crippen LogP contribution in [0.25, 0.3) is 0 Å². The molecule has 0 fully saturated rings.